The van der Waals surface area contributed by atoms with Crippen molar-refractivity contribution in [3.8, 4) is 0 Å². The van der Waals surface area contributed by atoms with Crippen LogP contribution in [0, 0.1) is 0 Å². The Labute approximate surface area is 106 Å². The van der Waals surface area contributed by atoms with E-state index in [4.69, 9.17) is 0 Å². The summed E-state index contributed by atoms with van der Waals surface area (Å²) < 4.78 is 11.2. The Morgan fingerprint density at radius 1 is 1.35 bits per heavy atom. The third-order valence-electron chi connectivity index (χ3n) is 3.10. The molecule has 0 amide bonds. The van der Waals surface area contributed by atoms with Gasteiger partial charge in [0.05, 0.1) is 6.61 Å². The molecule has 4 heteroatoms. The highest BCUT2D eigenvalue weighted by molar-refractivity contribution is 7.84. The van der Waals surface area contributed by atoms with Crippen molar-refractivity contribution in [2.45, 2.75) is 37.2 Å². The molecule has 17 heavy (non-hydrogen) atoms. The Morgan fingerprint density at radius 3 is 2.35 bits per heavy atom. The van der Waals surface area contributed by atoms with Crippen molar-refractivity contribution in [2.75, 3.05) is 12.9 Å². The van der Waals surface area contributed by atoms with Gasteiger partial charge in [-0.25, -0.2) is 0 Å². The van der Waals surface area contributed by atoms with Crippen molar-refractivity contribution in [1.29, 1.82) is 0 Å². The van der Waals surface area contributed by atoms with E-state index in [1.54, 1.807) is 6.26 Å². The van der Waals surface area contributed by atoms with Gasteiger partial charge in [0.25, 0.3) is 0 Å². The fourth-order valence-electron chi connectivity index (χ4n) is 1.41. The van der Waals surface area contributed by atoms with E-state index in [2.05, 4.69) is 5.32 Å². The molecule has 2 atom stereocenters. The van der Waals surface area contributed by atoms with Crippen molar-refractivity contribution in [1.82, 2.24) is 5.32 Å². The average molecular weight is 255 g/mol. The lowest BCUT2D eigenvalue weighted by atomic mass is 10.00. The van der Waals surface area contributed by atoms with Gasteiger partial charge in [-0.15, -0.1) is 0 Å². The van der Waals surface area contributed by atoms with Gasteiger partial charge in [-0.05, 0) is 31.0 Å². The minimum atomic E-state index is -0.922. The Kier molecular flexibility index (Phi) is 5.31. The zero-order valence-electron chi connectivity index (χ0n) is 10.7. The summed E-state index contributed by atoms with van der Waals surface area (Å²) in [6.07, 6.45) is 2.55. The molecule has 0 saturated heterocycles. The molecule has 1 rings (SSSR count). The van der Waals surface area contributed by atoms with Gasteiger partial charge in [0.1, 0.15) is 0 Å². The Bertz CT molecular complexity index is 372. The predicted octanol–water partition coefficient (Wildman–Crippen LogP) is 1.67. The number of hydrogen-bond donors (Lipinski definition) is 2. The second kappa shape index (κ2) is 6.28. The molecule has 0 aliphatic rings. The minimum absolute atomic E-state index is 0.126. The molecule has 96 valence electrons. The predicted molar refractivity (Wildman–Crippen MR) is 71.4 cm³/mol. The van der Waals surface area contributed by atoms with Crippen LogP contribution in [0.5, 0.6) is 0 Å². The van der Waals surface area contributed by atoms with Crippen molar-refractivity contribution in [3.63, 3.8) is 0 Å². The fourth-order valence-corrected chi connectivity index (χ4v) is 1.93. The van der Waals surface area contributed by atoms with E-state index in [9.17, 15) is 9.32 Å². The smallest absolute Gasteiger partial charge is 0.0610 e. The highest BCUT2D eigenvalue weighted by Gasteiger charge is 2.19. The van der Waals surface area contributed by atoms with Crippen LogP contribution in [0.25, 0.3) is 0 Å². The van der Waals surface area contributed by atoms with Gasteiger partial charge >= 0.3 is 0 Å². The third-order valence-corrected chi connectivity index (χ3v) is 4.04. The van der Waals surface area contributed by atoms with Crippen LogP contribution in [-0.4, -0.2) is 27.7 Å². The second-order valence-corrected chi connectivity index (χ2v) is 5.90. The number of hydrogen-bond acceptors (Lipinski definition) is 3. The summed E-state index contributed by atoms with van der Waals surface area (Å²) in [4.78, 5) is 0.842. The summed E-state index contributed by atoms with van der Waals surface area (Å²) in [6.45, 7) is 4.89. The normalized spacial score (nSPS) is 16.5. The van der Waals surface area contributed by atoms with E-state index in [0.29, 0.717) is 6.54 Å². The van der Waals surface area contributed by atoms with Gasteiger partial charge in [-0.3, -0.25) is 4.21 Å². The van der Waals surface area contributed by atoms with Crippen molar-refractivity contribution in [3.05, 3.63) is 29.8 Å². The first-order valence-corrected chi connectivity index (χ1v) is 7.35. The van der Waals surface area contributed by atoms with Gasteiger partial charge in [0.2, 0.25) is 0 Å². The van der Waals surface area contributed by atoms with E-state index < -0.39 is 10.8 Å². The largest absolute Gasteiger partial charge is 0.394 e. The Morgan fingerprint density at radius 2 is 1.94 bits per heavy atom. The molecule has 0 spiro atoms. The minimum Gasteiger partial charge on any atom is -0.394 e. The molecule has 0 aliphatic heterocycles. The summed E-state index contributed by atoms with van der Waals surface area (Å²) in [5.74, 6) is 0. The fraction of sp³-hybridized carbons (Fsp3) is 0.538. The molecular formula is C13H21NO2S. The molecular weight excluding hydrogens is 234 g/mol. The molecule has 0 fully saturated rings. The third kappa shape index (κ3) is 4.22. The van der Waals surface area contributed by atoms with Crippen LogP contribution >= 0.6 is 0 Å². The monoisotopic (exact) mass is 255 g/mol. The number of rotatable bonds is 6. The molecule has 1 aromatic rings. The van der Waals surface area contributed by atoms with Gasteiger partial charge < -0.3 is 10.4 Å². The molecule has 1 aromatic carbocycles. The first-order chi connectivity index (χ1) is 8.00. The van der Waals surface area contributed by atoms with E-state index in [1.807, 2.05) is 38.1 Å². The van der Waals surface area contributed by atoms with Gasteiger partial charge in [-0.1, -0.05) is 19.1 Å². The summed E-state index contributed by atoms with van der Waals surface area (Å²) in [5, 5.41) is 12.6. The topological polar surface area (TPSA) is 49.3 Å². The quantitative estimate of drug-likeness (QED) is 0.813. The SMILES string of the molecule is CCC(C)(CO)NCc1ccc(S(C)=O)cc1. The first-order valence-electron chi connectivity index (χ1n) is 5.79. The molecule has 0 radical (unpaired) electrons. The van der Waals surface area contributed by atoms with Gasteiger partial charge in [0, 0.05) is 34.0 Å². The molecule has 3 nitrogen and oxygen atoms in total. The molecule has 2 N–H and O–H groups in total. The standard InChI is InChI=1S/C13H21NO2S/c1-4-13(2,10-15)14-9-11-5-7-12(8-6-11)17(3)16/h5-8,14-15H,4,9-10H2,1-3H3. The van der Waals surface area contributed by atoms with E-state index in [1.165, 1.54) is 0 Å². The number of benzene rings is 1. The van der Waals surface area contributed by atoms with E-state index in [-0.39, 0.29) is 12.1 Å². The molecule has 0 saturated carbocycles. The number of aliphatic hydroxyl groups excluding tert-OH is 1. The Balaban J connectivity index is 2.61. The van der Waals surface area contributed by atoms with E-state index in [0.717, 1.165) is 16.9 Å². The van der Waals surface area contributed by atoms with Gasteiger partial charge in [-0.2, -0.15) is 0 Å². The van der Waals surface area contributed by atoms with Crippen LogP contribution in [0.1, 0.15) is 25.8 Å². The maximum absolute atomic E-state index is 11.2. The number of aliphatic hydroxyl groups is 1. The van der Waals surface area contributed by atoms with Crippen LogP contribution < -0.4 is 5.32 Å². The summed E-state index contributed by atoms with van der Waals surface area (Å²) in [5.41, 5.74) is 0.902. The van der Waals surface area contributed by atoms with Crippen LogP contribution in [0.2, 0.25) is 0 Å². The van der Waals surface area contributed by atoms with Crippen molar-refractivity contribution in [2.24, 2.45) is 0 Å². The molecule has 0 bridgehead atoms. The lowest BCUT2D eigenvalue weighted by Crippen LogP contribution is -2.44. The van der Waals surface area contributed by atoms with E-state index >= 15 is 0 Å². The molecule has 2 unspecified atom stereocenters. The molecule has 0 aromatic heterocycles. The lowest BCUT2D eigenvalue weighted by Gasteiger charge is -2.27. The van der Waals surface area contributed by atoms with Gasteiger partial charge in [0.15, 0.2) is 0 Å². The average Bonchev–Trinajstić information content (AvgIpc) is 2.36. The molecule has 0 aliphatic carbocycles. The Hall–Kier alpha value is -0.710. The first kappa shape index (κ1) is 14.4. The zero-order valence-corrected chi connectivity index (χ0v) is 11.5. The maximum atomic E-state index is 11.2. The van der Waals surface area contributed by atoms with Crippen LogP contribution in [0.3, 0.4) is 0 Å². The zero-order chi connectivity index (χ0) is 12.9. The highest BCUT2D eigenvalue weighted by atomic mass is 32.2. The molecule has 0 heterocycles. The second-order valence-electron chi connectivity index (χ2n) is 4.52. The van der Waals surface area contributed by atoms with Crippen LogP contribution in [-0.2, 0) is 17.3 Å². The van der Waals surface area contributed by atoms with Crippen molar-refractivity contribution >= 4 is 10.8 Å². The highest BCUT2D eigenvalue weighted by Crippen LogP contribution is 2.11. The summed E-state index contributed by atoms with van der Waals surface area (Å²) in [7, 11) is -0.922. The summed E-state index contributed by atoms with van der Waals surface area (Å²) in [6, 6.07) is 7.71. The van der Waals surface area contributed by atoms with Crippen molar-refractivity contribution < 1.29 is 9.32 Å². The lowest BCUT2D eigenvalue weighted by molar-refractivity contribution is 0.169. The van der Waals surface area contributed by atoms with Crippen LogP contribution in [0.4, 0.5) is 0 Å². The summed E-state index contributed by atoms with van der Waals surface area (Å²) >= 11 is 0. The van der Waals surface area contributed by atoms with Crippen LogP contribution in [0.15, 0.2) is 29.2 Å². The number of nitrogens with one attached hydrogen (secondary N) is 1. The maximum Gasteiger partial charge on any atom is 0.0610 e.